The van der Waals surface area contributed by atoms with Gasteiger partial charge in [-0.3, -0.25) is 0 Å². The van der Waals surface area contributed by atoms with Gasteiger partial charge in [0.25, 0.3) is 0 Å². The highest BCUT2D eigenvalue weighted by Gasteiger charge is 2.15. The predicted molar refractivity (Wildman–Crippen MR) is 75.4 cm³/mol. The van der Waals surface area contributed by atoms with Crippen LogP contribution in [0.5, 0.6) is 0 Å². The molecule has 0 heterocycles. The van der Waals surface area contributed by atoms with Gasteiger partial charge in [0.2, 0.25) is 0 Å². The van der Waals surface area contributed by atoms with E-state index in [1.807, 2.05) is 18.2 Å². The maximum absolute atomic E-state index is 6.12. The molecule has 1 nitrogen and oxygen atoms in total. The molecule has 16 heavy (non-hydrogen) atoms. The van der Waals surface area contributed by atoms with Crippen LogP contribution in [0.1, 0.15) is 19.4 Å². The molecule has 0 aliphatic heterocycles. The first-order chi connectivity index (χ1) is 7.44. The molecule has 0 aromatic heterocycles. The van der Waals surface area contributed by atoms with Gasteiger partial charge < -0.3 is 5.32 Å². The third kappa shape index (κ3) is 4.62. The molecule has 0 fully saturated rings. The fraction of sp³-hybridized carbons (Fsp3) is 0.500. The lowest BCUT2D eigenvalue weighted by molar-refractivity contribution is 0.385. The van der Waals surface area contributed by atoms with E-state index in [9.17, 15) is 0 Å². The summed E-state index contributed by atoms with van der Waals surface area (Å²) in [5.74, 6) is 0.647. The van der Waals surface area contributed by atoms with Gasteiger partial charge >= 0.3 is 0 Å². The first kappa shape index (κ1) is 14.3. The highest BCUT2D eigenvalue weighted by atomic mass is 79.9. The number of benzene rings is 1. The van der Waals surface area contributed by atoms with Crippen LogP contribution in [0, 0.1) is 5.41 Å². The molecule has 0 saturated carbocycles. The molecular formula is C12H16BrCl2N. The van der Waals surface area contributed by atoms with Crippen molar-refractivity contribution in [3.63, 3.8) is 0 Å². The van der Waals surface area contributed by atoms with Crippen molar-refractivity contribution in [2.24, 2.45) is 5.41 Å². The molecule has 1 N–H and O–H groups in total. The Morgan fingerprint density at radius 1 is 1.38 bits per heavy atom. The van der Waals surface area contributed by atoms with Crippen molar-refractivity contribution in [3.05, 3.63) is 33.3 Å². The van der Waals surface area contributed by atoms with Crippen LogP contribution >= 0.6 is 39.1 Å². The highest BCUT2D eigenvalue weighted by molar-refractivity contribution is 9.10. The van der Waals surface area contributed by atoms with E-state index in [-0.39, 0.29) is 5.41 Å². The van der Waals surface area contributed by atoms with Gasteiger partial charge in [-0.2, -0.15) is 0 Å². The molecule has 1 rings (SSSR count). The number of nitrogens with one attached hydrogen (secondary N) is 1. The molecule has 0 saturated heterocycles. The second-order valence-corrected chi connectivity index (χ2v) is 6.23. The van der Waals surface area contributed by atoms with Gasteiger partial charge in [-0.25, -0.2) is 0 Å². The van der Waals surface area contributed by atoms with Gasteiger partial charge in [0.1, 0.15) is 0 Å². The van der Waals surface area contributed by atoms with Gasteiger partial charge in [-0.15, -0.1) is 11.6 Å². The van der Waals surface area contributed by atoms with Crippen LogP contribution in [0.15, 0.2) is 22.7 Å². The Bertz CT molecular complexity index is 353. The molecule has 0 aliphatic carbocycles. The van der Waals surface area contributed by atoms with Crippen molar-refractivity contribution in [2.45, 2.75) is 20.4 Å². The summed E-state index contributed by atoms with van der Waals surface area (Å²) < 4.78 is 1.00. The van der Waals surface area contributed by atoms with Crippen molar-refractivity contribution in [3.8, 4) is 0 Å². The minimum Gasteiger partial charge on any atom is -0.312 e. The third-order valence-electron chi connectivity index (χ3n) is 2.30. The number of alkyl halides is 1. The Balaban J connectivity index is 2.49. The topological polar surface area (TPSA) is 12.0 Å². The Labute approximate surface area is 116 Å². The average Bonchev–Trinajstić information content (AvgIpc) is 2.21. The zero-order valence-corrected chi connectivity index (χ0v) is 12.6. The monoisotopic (exact) mass is 323 g/mol. The second kappa shape index (κ2) is 6.25. The quantitative estimate of drug-likeness (QED) is 0.789. The van der Waals surface area contributed by atoms with Crippen LogP contribution in [0.25, 0.3) is 0 Å². The Hall–Kier alpha value is 0.240. The maximum Gasteiger partial charge on any atom is 0.0462 e. The van der Waals surface area contributed by atoms with Crippen molar-refractivity contribution in [1.82, 2.24) is 5.32 Å². The maximum atomic E-state index is 6.12. The van der Waals surface area contributed by atoms with E-state index in [1.165, 1.54) is 0 Å². The standard InChI is InChI=1S/C12H16BrCl2N/c1-12(2,7-14)8-16-6-9-3-4-10(13)5-11(9)15/h3-5,16H,6-8H2,1-2H3. The molecule has 0 spiro atoms. The molecule has 1 aromatic carbocycles. The molecule has 0 radical (unpaired) electrons. The van der Waals surface area contributed by atoms with E-state index in [0.717, 1.165) is 28.1 Å². The first-order valence-corrected chi connectivity index (χ1v) is 6.86. The zero-order chi connectivity index (χ0) is 12.2. The van der Waals surface area contributed by atoms with E-state index >= 15 is 0 Å². The molecule has 0 aliphatic rings. The third-order valence-corrected chi connectivity index (χ3v) is 3.86. The lowest BCUT2D eigenvalue weighted by Crippen LogP contribution is -2.30. The molecule has 90 valence electrons. The molecule has 4 heteroatoms. The largest absolute Gasteiger partial charge is 0.312 e. The lowest BCUT2D eigenvalue weighted by Gasteiger charge is -2.21. The molecular weight excluding hydrogens is 309 g/mol. The number of hydrogen-bond acceptors (Lipinski definition) is 1. The summed E-state index contributed by atoms with van der Waals surface area (Å²) in [4.78, 5) is 0. The Kier molecular flexibility index (Phi) is 5.58. The summed E-state index contributed by atoms with van der Waals surface area (Å²) in [5.41, 5.74) is 1.22. The van der Waals surface area contributed by atoms with E-state index in [1.54, 1.807) is 0 Å². The van der Waals surface area contributed by atoms with Gasteiger partial charge in [-0.05, 0) is 23.1 Å². The normalized spacial score (nSPS) is 11.8. The average molecular weight is 325 g/mol. The van der Waals surface area contributed by atoms with E-state index < -0.39 is 0 Å². The molecule has 0 amide bonds. The van der Waals surface area contributed by atoms with Crippen molar-refractivity contribution >= 4 is 39.1 Å². The van der Waals surface area contributed by atoms with Gasteiger partial charge in [-0.1, -0.05) is 47.4 Å². The Morgan fingerprint density at radius 3 is 2.62 bits per heavy atom. The Morgan fingerprint density at radius 2 is 2.06 bits per heavy atom. The first-order valence-electron chi connectivity index (χ1n) is 5.15. The van der Waals surface area contributed by atoms with Crippen molar-refractivity contribution < 1.29 is 0 Å². The summed E-state index contributed by atoms with van der Waals surface area (Å²) in [6.45, 7) is 5.92. The SMILES string of the molecule is CC(C)(CCl)CNCc1ccc(Br)cc1Cl. The van der Waals surface area contributed by atoms with Gasteiger partial charge in [0.05, 0.1) is 0 Å². The van der Waals surface area contributed by atoms with Crippen LogP contribution < -0.4 is 5.32 Å². The smallest absolute Gasteiger partial charge is 0.0462 e. The van der Waals surface area contributed by atoms with Gasteiger partial charge in [0.15, 0.2) is 0 Å². The highest BCUT2D eigenvalue weighted by Crippen LogP contribution is 2.21. The van der Waals surface area contributed by atoms with E-state index in [0.29, 0.717) is 5.88 Å². The van der Waals surface area contributed by atoms with Crippen molar-refractivity contribution in [2.75, 3.05) is 12.4 Å². The summed E-state index contributed by atoms with van der Waals surface area (Å²) in [6.07, 6.45) is 0. The predicted octanol–water partition coefficient (Wildman–Crippen LogP) is 4.46. The number of rotatable bonds is 5. The number of halogens is 3. The van der Waals surface area contributed by atoms with Crippen LogP contribution in [-0.4, -0.2) is 12.4 Å². The zero-order valence-electron chi connectivity index (χ0n) is 9.49. The lowest BCUT2D eigenvalue weighted by atomic mass is 9.96. The summed E-state index contributed by atoms with van der Waals surface area (Å²) in [7, 11) is 0. The molecule has 0 atom stereocenters. The minimum absolute atomic E-state index is 0.114. The second-order valence-electron chi connectivity index (χ2n) is 4.64. The number of hydrogen-bond donors (Lipinski definition) is 1. The molecule has 1 aromatic rings. The van der Waals surface area contributed by atoms with Crippen LogP contribution in [0.3, 0.4) is 0 Å². The molecule has 0 bridgehead atoms. The van der Waals surface area contributed by atoms with E-state index in [2.05, 4.69) is 35.1 Å². The summed E-state index contributed by atoms with van der Waals surface area (Å²) in [6, 6.07) is 5.92. The van der Waals surface area contributed by atoms with E-state index in [4.69, 9.17) is 23.2 Å². The fourth-order valence-corrected chi connectivity index (χ4v) is 2.08. The van der Waals surface area contributed by atoms with Gasteiger partial charge in [0, 0.05) is 28.5 Å². The molecule has 0 unspecified atom stereocenters. The summed E-state index contributed by atoms with van der Waals surface area (Å²) in [5, 5.41) is 4.15. The van der Waals surface area contributed by atoms with Crippen LogP contribution in [-0.2, 0) is 6.54 Å². The minimum atomic E-state index is 0.114. The van der Waals surface area contributed by atoms with Crippen molar-refractivity contribution in [1.29, 1.82) is 0 Å². The van der Waals surface area contributed by atoms with Crippen LogP contribution in [0.4, 0.5) is 0 Å². The summed E-state index contributed by atoms with van der Waals surface area (Å²) >= 11 is 15.4. The van der Waals surface area contributed by atoms with Crippen LogP contribution in [0.2, 0.25) is 5.02 Å². The fourth-order valence-electron chi connectivity index (χ4n) is 1.25.